The number of hydrogen-bond acceptors (Lipinski definition) is 2. The topological polar surface area (TPSA) is 15.3 Å². The second-order valence-corrected chi connectivity index (χ2v) is 6.90. The van der Waals surface area contributed by atoms with E-state index in [9.17, 15) is 4.39 Å². The molecule has 1 aliphatic carbocycles. The van der Waals surface area contributed by atoms with Gasteiger partial charge in [-0.25, -0.2) is 4.39 Å². The average Bonchev–Trinajstić information content (AvgIpc) is 2.84. The zero-order chi connectivity index (χ0) is 15.2. The Bertz CT molecular complexity index is 461. The first-order chi connectivity index (χ1) is 10.8. The molecule has 3 heteroatoms. The van der Waals surface area contributed by atoms with Crippen molar-refractivity contribution in [3.8, 4) is 0 Å². The van der Waals surface area contributed by atoms with Crippen LogP contribution in [-0.4, -0.2) is 19.1 Å². The molecule has 2 nitrogen and oxygen atoms in total. The molecule has 1 aromatic rings. The SMILES string of the molecule is Fc1ccc(CNC2CCCCC2)cc1N1CCCCCC1. The summed E-state index contributed by atoms with van der Waals surface area (Å²) in [6, 6.07) is 6.31. The normalized spacial score (nSPS) is 20.9. The predicted octanol–water partition coefficient (Wildman–Crippen LogP) is 4.63. The van der Waals surface area contributed by atoms with Crippen molar-refractivity contribution < 1.29 is 4.39 Å². The molecule has 1 N–H and O–H groups in total. The Morgan fingerprint density at radius 1 is 0.955 bits per heavy atom. The molecule has 0 radical (unpaired) electrons. The first-order valence-electron chi connectivity index (χ1n) is 9.10. The van der Waals surface area contributed by atoms with Gasteiger partial charge in [0.05, 0.1) is 5.69 Å². The summed E-state index contributed by atoms with van der Waals surface area (Å²) >= 11 is 0. The van der Waals surface area contributed by atoms with Gasteiger partial charge in [0.1, 0.15) is 5.82 Å². The van der Waals surface area contributed by atoms with E-state index < -0.39 is 0 Å². The minimum absolute atomic E-state index is 0.0664. The molecule has 2 fully saturated rings. The van der Waals surface area contributed by atoms with Crippen molar-refractivity contribution in [1.29, 1.82) is 0 Å². The summed E-state index contributed by atoms with van der Waals surface area (Å²) in [6.45, 7) is 2.86. The van der Waals surface area contributed by atoms with Crippen LogP contribution >= 0.6 is 0 Å². The maximum absolute atomic E-state index is 14.2. The van der Waals surface area contributed by atoms with Crippen molar-refractivity contribution in [1.82, 2.24) is 5.32 Å². The van der Waals surface area contributed by atoms with Gasteiger partial charge in [-0.15, -0.1) is 0 Å². The predicted molar refractivity (Wildman–Crippen MR) is 90.8 cm³/mol. The molecule has 1 saturated carbocycles. The van der Waals surface area contributed by atoms with Crippen LogP contribution in [-0.2, 0) is 6.54 Å². The number of benzene rings is 1. The third-order valence-corrected chi connectivity index (χ3v) is 5.16. The van der Waals surface area contributed by atoms with Crippen molar-refractivity contribution >= 4 is 5.69 Å². The van der Waals surface area contributed by atoms with E-state index >= 15 is 0 Å². The highest BCUT2D eigenvalue weighted by atomic mass is 19.1. The maximum atomic E-state index is 14.2. The van der Waals surface area contributed by atoms with Gasteiger partial charge in [-0.05, 0) is 43.4 Å². The summed E-state index contributed by atoms with van der Waals surface area (Å²) in [4.78, 5) is 2.24. The minimum Gasteiger partial charge on any atom is -0.369 e. The average molecular weight is 304 g/mol. The molecule has 1 saturated heterocycles. The standard InChI is InChI=1S/C19H29FN2/c20-18-11-10-16(15-21-17-8-4-3-5-9-17)14-19(18)22-12-6-1-2-7-13-22/h10-11,14,17,21H,1-9,12-13,15H2. The van der Waals surface area contributed by atoms with E-state index in [-0.39, 0.29) is 5.82 Å². The Balaban J connectivity index is 1.63. The van der Waals surface area contributed by atoms with Crippen molar-refractivity contribution in [3.63, 3.8) is 0 Å². The van der Waals surface area contributed by atoms with Gasteiger partial charge in [0.15, 0.2) is 0 Å². The summed E-state index contributed by atoms with van der Waals surface area (Å²) in [7, 11) is 0. The molecule has 0 aromatic heterocycles. The molecule has 22 heavy (non-hydrogen) atoms. The number of nitrogens with zero attached hydrogens (tertiary/aromatic N) is 1. The van der Waals surface area contributed by atoms with E-state index in [0.717, 1.165) is 25.3 Å². The Labute approximate surface area is 134 Å². The van der Waals surface area contributed by atoms with Gasteiger partial charge < -0.3 is 10.2 Å². The van der Waals surface area contributed by atoms with Gasteiger partial charge in [-0.2, -0.15) is 0 Å². The van der Waals surface area contributed by atoms with Crippen LogP contribution in [0.3, 0.4) is 0 Å². The van der Waals surface area contributed by atoms with E-state index in [0.29, 0.717) is 6.04 Å². The van der Waals surface area contributed by atoms with Gasteiger partial charge in [0, 0.05) is 25.7 Å². The van der Waals surface area contributed by atoms with Crippen LogP contribution in [0.1, 0.15) is 63.4 Å². The molecule has 0 bridgehead atoms. The van der Waals surface area contributed by atoms with Crippen molar-refractivity contribution in [2.45, 2.75) is 70.4 Å². The van der Waals surface area contributed by atoms with Crippen molar-refractivity contribution in [2.24, 2.45) is 0 Å². The Morgan fingerprint density at radius 2 is 1.64 bits per heavy atom. The number of nitrogens with one attached hydrogen (secondary N) is 1. The zero-order valence-electron chi connectivity index (χ0n) is 13.6. The van der Waals surface area contributed by atoms with Gasteiger partial charge >= 0.3 is 0 Å². The monoisotopic (exact) mass is 304 g/mol. The van der Waals surface area contributed by atoms with Crippen LogP contribution < -0.4 is 10.2 Å². The molecule has 122 valence electrons. The van der Waals surface area contributed by atoms with Crippen LogP contribution in [0.25, 0.3) is 0 Å². The molecule has 1 aliphatic heterocycles. The second kappa shape index (κ2) is 7.96. The fourth-order valence-corrected chi connectivity index (χ4v) is 3.79. The highest BCUT2D eigenvalue weighted by Gasteiger charge is 2.16. The van der Waals surface area contributed by atoms with E-state index in [2.05, 4.69) is 16.3 Å². The quantitative estimate of drug-likeness (QED) is 0.872. The van der Waals surface area contributed by atoms with Gasteiger partial charge in [-0.3, -0.25) is 0 Å². The fraction of sp³-hybridized carbons (Fsp3) is 0.684. The summed E-state index contributed by atoms with van der Waals surface area (Å²) in [5.74, 6) is -0.0664. The van der Waals surface area contributed by atoms with E-state index in [1.165, 1.54) is 63.4 Å². The summed E-state index contributed by atoms with van der Waals surface area (Å²) < 4.78 is 14.2. The van der Waals surface area contributed by atoms with Gasteiger partial charge in [0.25, 0.3) is 0 Å². The lowest BCUT2D eigenvalue weighted by Crippen LogP contribution is -2.30. The first-order valence-corrected chi connectivity index (χ1v) is 9.10. The molecule has 0 unspecified atom stereocenters. The molecule has 2 aliphatic rings. The minimum atomic E-state index is -0.0664. The lowest BCUT2D eigenvalue weighted by molar-refractivity contribution is 0.372. The summed E-state index contributed by atoms with van der Waals surface area (Å²) in [5, 5.41) is 3.66. The highest BCUT2D eigenvalue weighted by Crippen LogP contribution is 2.25. The number of halogens is 1. The van der Waals surface area contributed by atoms with Crippen LogP contribution in [0.2, 0.25) is 0 Å². The lowest BCUT2D eigenvalue weighted by atomic mass is 9.95. The molecular formula is C19H29FN2. The maximum Gasteiger partial charge on any atom is 0.146 e. The van der Waals surface area contributed by atoms with E-state index in [4.69, 9.17) is 0 Å². The fourth-order valence-electron chi connectivity index (χ4n) is 3.79. The van der Waals surface area contributed by atoms with Crippen LogP contribution in [0.15, 0.2) is 18.2 Å². The molecule has 0 atom stereocenters. The van der Waals surface area contributed by atoms with Gasteiger partial charge in [-0.1, -0.05) is 38.2 Å². The molecule has 1 aromatic carbocycles. The van der Waals surface area contributed by atoms with Crippen LogP contribution in [0, 0.1) is 5.82 Å². The zero-order valence-corrected chi connectivity index (χ0v) is 13.6. The third kappa shape index (κ3) is 4.22. The molecule has 1 heterocycles. The Hall–Kier alpha value is -1.09. The largest absolute Gasteiger partial charge is 0.369 e. The number of hydrogen-bond donors (Lipinski definition) is 1. The van der Waals surface area contributed by atoms with E-state index in [1.807, 2.05) is 6.07 Å². The Morgan fingerprint density at radius 3 is 2.36 bits per heavy atom. The van der Waals surface area contributed by atoms with Crippen LogP contribution in [0.4, 0.5) is 10.1 Å². The van der Waals surface area contributed by atoms with Crippen molar-refractivity contribution in [3.05, 3.63) is 29.6 Å². The molecule has 3 rings (SSSR count). The van der Waals surface area contributed by atoms with Crippen LogP contribution in [0.5, 0.6) is 0 Å². The number of rotatable bonds is 4. The number of anilines is 1. The second-order valence-electron chi connectivity index (χ2n) is 6.90. The summed E-state index contributed by atoms with van der Waals surface area (Å²) in [6.07, 6.45) is 11.6. The molecule has 0 amide bonds. The Kier molecular flexibility index (Phi) is 5.71. The smallest absolute Gasteiger partial charge is 0.146 e. The van der Waals surface area contributed by atoms with Crippen molar-refractivity contribution in [2.75, 3.05) is 18.0 Å². The van der Waals surface area contributed by atoms with E-state index in [1.54, 1.807) is 6.07 Å². The highest BCUT2D eigenvalue weighted by molar-refractivity contribution is 5.50. The third-order valence-electron chi connectivity index (χ3n) is 5.16. The molecular weight excluding hydrogens is 275 g/mol. The van der Waals surface area contributed by atoms with Gasteiger partial charge in [0.2, 0.25) is 0 Å². The summed E-state index contributed by atoms with van der Waals surface area (Å²) in [5.41, 5.74) is 2.02. The molecule has 0 spiro atoms. The lowest BCUT2D eigenvalue weighted by Gasteiger charge is -2.25. The first kappa shape index (κ1) is 15.8.